The van der Waals surface area contributed by atoms with Crippen molar-refractivity contribution in [2.24, 2.45) is 7.05 Å². The fourth-order valence-corrected chi connectivity index (χ4v) is 1.92. The summed E-state index contributed by atoms with van der Waals surface area (Å²) in [6, 6.07) is 5.36. The predicted octanol–water partition coefficient (Wildman–Crippen LogP) is 2.21. The molecule has 0 bridgehead atoms. The summed E-state index contributed by atoms with van der Waals surface area (Å²) in [4.78, 5) is 21.8. The highest BCUT2D eigenvalue weighted by Crippen LogP contribution is 2.28. The third kappa shape index (κ3) is 1.45. The Morgan fingerprint density at radius 2 is 2.20 bits per heavy atom. The van der Waals surface area contributed by atoms with Crippen LogP contribution in [0, 0.1) is 0 Å². The van der Waals surface area contributed by atoms with Crippen molar-refractivity contribution in [1.29, 1.82) is 0 Å². The van der Waals surface area contributed by atoms with E-state index in [1.165, 1.54) is 0 Å². The smallest absolute Gasteiger partial charge is 0.227 e. The number of aromatic nitrogens is 1. The van der Waals surface area contributed by atoms with Crippen molar-refractivity contribution >= 4 is 34.6 Å². The molecular formula is C11H8ClNO2. The average molecular weight is 222 g/mol. The summed E-state index contributed by atoms with van der Waals surface area (Å²) in [6.45, 7) is 0. The SMILES string of the molecule is Cn1cc(C(=O)C=O)c2c(Cl)cccc21. The fourth-order valence-electron chi connectivity index (χ4n) is 1.65. The maximum absolute atomic E-state index is 11.4. The first kappa shape index (κ1) is 9.93. The van der Waals surface area contributed by atoms with E-state index in [1.54, 1.807) is 29.9 Å². The minimum absolute atomic E-state index is 0.304. The molecule has 0 spiro atoms. The van der Waals surface area contributed by atoms with E-state index < -0.39 is 5.78 Å². The van der Waals surface area contributed by atoms with Gasteiger partial charge in [0.15, 0.2) is 6.29 Å². The van der Waals surface area contributed by atoms with Crippen molar-refractivity contribution in [2.75, 3.05) is 0 Å². The van der Waals surface area contributed by atoms with E-state index in [-0.39, 0.29) is 0 Å². The maximum Gasteiger partial charge on any atom is 0.227 e. The molecule has 0 unspecified atom stereocenters. The van der Waals surface area contributed by atoms with E-state index in [0.29, 0.717) is 22.3 Å². The minimum Gasteiger partial charge on any atom is -0.350 e. The zero-order valence-electron chi connectivity index (χ0n) is 8.03. The number of benzene rings is 1. The number of aldehydes is 1. The Hall–Kier alpha value is -1.61. The number of rotatable bonds is 2. The number of Topliss-reactive ketones (excluding diaryl/α,β-unsaturated/α-hetero) is 1. The van der Waals surface area contributed by atoms with Crippen LogP contribution in [0.15, 0.2) is 24.4 Å². The summed E-state index contributed by atoms with van der Waals surface area (Å²) in [5.41, 5.74) is 1.20. The molecule has 0 aliphatic heterocycles. The lowest BCUT2D eigenvalue weighted by Crippen LogP contribution is -1.98. The summed E-state index contributed by atoms with van der Waals surface area (Å²) in [5.74, 6) is -0.547. The van der Waals surface area contributed by atoms with Crippen molar-refractivity contribution in [1.82, 2.24) is 4.57 Å². The summed E-state index contributed by atoms with van der Waals surface area (Å²) in [6.07, 6.45) is 1.92. The van der Waals surface area contributed by atoms with Crippen LogP contribution in [0.1, 0.15) is 10.4 Å². The molecule has 0 atom stereocenters. The second kappa shape index (κ2) is 3.51. The van der Waals surface area contributed by atoms with Gasteiger partial charge in [-0.1, -0.05) is 17.7 Å². The second-order valence-electron chi connectivity index (χ2n) is 3.27. The van der Waals surface area contributed by atoms with E-state index in [2.05, 4.69) is 0 Å². The minimum atomic E-state index is -0.547. The molecule has 0 N–H and O–H groups in total. The van der Waals surface area contributed by atoms with Crippen LogP contribution in [-0.4, -0.2) is 16.6 Å². The number of carbonyl (C=O) groups is 2. The monoisotopic (exact) mass is 221 g/mol. The van der Waals surface area contributed by atoms with Crippen LogP contribution in [0.5, 0.6) is 0 Å². The van der Waals surface area contributed by atoms with Gasteiger partial charge >= 0.3 is 0 Å². The van der Waals surface area contributed by atoms with Gasteiger partial charge in [-0.25, -0.2) is 0 Å². The Labute approximate surface area is 91.3 Å². The van der Waals surface area contributed by atoms with Crippen LogP contribution in [0.25, 0.3) is 10.9 Å². The van der Waals surface area contributed by atoms with Crippen molar-refractivity contribution in [3.05, 3.63) is 35.0 Å². The molecule has 0 saturated heterocycles. The number of carbonyl (C=O) groups excluding carboxylic acids is 2. The van der Waals surface area contributed by atoms with E-state index in [1.807, 2.05) is 6.07 Å². The molecule has 0 fully saturated rings. The molecule has 0 aliphatic rings. The van der Waals surface area contributed by atoms with Crippen LogP contribution >= 0.6 is 11.6 Å². The molecule has 0 aliphatic carbocycles. The Morgan fingerprint density at radius 3 is 2.87 bits per heavy atom. The Balaban J connectivity index is 2.87. The Bertz CT molecular complexity index is 557. The summed E-state index contributed by atoms with van der Waals surface area (Å²) >= 11 is 6.00. The Kier molecular flexibility index (Phi) is 2.32. The highest BCUT2D eigenvalue weighted by atomic mass is 35.5. The van der Waals surface area contributed by atoms with Crippen LogP contribution < -0.4 is 0 Å². The number of nitrogens with zero attached hydrogens (tertiary/aromatic N) is 1. The van der Waals surface area contributed by atoms with Gasteiger partial charge in [-0.15, -0.1) is 0 Å². The lowest BCUT2D eigenvalue weighted by molar-refractivity contribution is -0.104. The molecule has 1 aromatic heterocycles. The largest absolute Gasteiger partial charge is 0.350 e. The number of fused-ring (bicyclic) bond motifs is 1. The van der Waals surface area contributed by atoms with Gasteiger partial charge in [0.25, 0.3) is 0 Å². The van der Waals surface area contributed by atoms with E-state index in [9.17, 15) is 9.59 Å². The zero-order valence-corrected chi connectivity index (χ0v) is 8.78. The first-order valence-electron chi connectivity index (χ1n) is 4.38. The van der Waals surface area contributed by atoms with Gasteiger partial charge in [-0.2, -0.15) is 0 Å². The quantitative estimate of drug-likeness (QED) is 0.443. The topological polar surface area (TPSA) is 39.1 Å². The standard InChI is InChI=1S/C11H8ClNO2/c1-13-5-7(10(15)6-14)11-8(12)3-2-4-9(11)13/h2-6H,1H3. The first-order valence-corrected chi connectivity index (χ1v) is 4.76. The third-order valence-electron chi connectivity index (χ3n) is 2.34. The molecule has 2 rings (SSSR count). The lowest BCUT2D eigenvalue weighted by atomic mass is 10.1. The molecule has 4 heteroatoms. The highest BCUT2D eigenvalue weighted by Gasteiger charge is 2.15. The molecule has 15 heavy (non-hydrogen) atoms. The molecule has 76 valence electrons. The summed E-state index contributed by atoms with van der Waals surface area (Å²) in [5, 5.41) is 1.12. The third-order valence-corrected chi connectivity index (χ3v) is 2.65. The number of hydrogen-bond acceptors (Lipinski definition) is 2. The van der Waals surface area contributed by atoms with E-state index in [0.717, 1.165) is 5.52 Å². The van der Waals surface area contributed by atoms with Crippen LogP contribution in [0.3, 0.4) is 0 Å². The molecule has 1 aromatic carbocycles. The van der Waals surface area contributed by atoms with E-state index >= 15 is 0 Å². The average Bonchev–Trinajstić information content (AvgIpc) is 2.57. The highest BCUT2D eigenvalue weighted by molar-refractivity contribution is 6.41. The van der Waals surface area contributed by atoms with Gasteiger partial charge in [0.1, 0.15) is 0 Å². The maximum atomic E-state index is 11.4. The first-order chi connectivity index (χ1) is 7.15. The molecule has 1 heterocycles. The Morgan fingerprint density at radius 1 is 1.47 bits per heavy atom. The number of halogens is 1. The molecule has 0 amide bonds. The summed E-state index contributed by atoms with van der Waals surface area (Å²) < 4.78 is 1.78. The van der Waals surface area contributed by atoms with Gasteiger partial charge in [0.2, 0.25) is 5.78 Å². The van der Waals surface area contributed by atoms with Gasteiger partial charge in [-0.05, 0) is 12.1 Å². The number of hydrogen-bond donors (Lipinski definition) is 0. The van der Waals surface area contributed by atoms with Gasteiger partial charge < -0.3 is 4.57 Å². The number of aryl methyl sites for hydroxylation is 1. The van der Waals surface area contributed by atoms with Crippen LogP contribution in [0.2, 0.25) is 5.02 Å². The molecule has 3 nitrogen and oxygen atoms in total. The molecule has 0 radical (unpaired) electrons. The van der Waals surface area contributed by atoms with Crippen LogP contribution in [0.4, 0.5) is 0 Å². The van der Waals surface area contributed by atoms with E-state index in [4.69, 9.17) is 11.6 Å². The molecular weight excluding hydrogens is 214 g/mol. The second-order valence-corrected chi connectivity index (χ2v) is 3.68. The van der Waals surface area contributed by atoms with Gasteiger partial charge in [0.05, 0.1) is 16.1 Å². The fraction of sp³-hybridized carbons (Fsp3) is 0.0909. The van der Waals surface area contributed by atoms with Crippen LogP contribution in [-0.2, 0) is 11.8 Å². The summed E-state index contributed by atoms with van der Waals surface area (Å²) in [7, 11) is 1.81. The number of ketones is 1. The van der Waals surface area contributed by atoms with Gasteiger partial charge in [-0.3, -0.25) is 9.59 Å². The zero-order chi connectivity index (χ0) is 11.0. The normalized spacial score (nSPS) is 10.5. The predicted molar refractivity (Wildman–Crippen MR) is 58.3 cm³/mol. The molecule has 0 saturated carbocycles. The van der Waals surface area contributed by atoms with Gasteiger partial charge in [0, 0.05) is 18.6 Å². The van der Waals surface area contributed by atoms with Crippen molar-refractivity contribution in [2.45, 2.75) is 0 Å². The molecule has 2 aromatic rings. The van der Waals surface area contributed by atoms with Crippen molar-refractivity contribution in [3.63, 3.8) is 0 Å². The van der Waals surface area contributed by atoms with Crippen molar-refractivity contribution in [3.8, 4) is 0 Å². The van der Waals surface area contributed by atoms with Crippen molar-refractivity contribution < 1.29 is 9.59 Å². The lowest BCUT2D eigenvalue weighted by Gasteiger charge is -1.96.